The van der Waals surface area contributed by atoms with Crippen molar-refractivity contribution in [2.45, 2.75) is 50.6 Å². The summed E-state index contributed by atoms with van der Waals surface area (Å²) in [6.45, 7) is 1.93. The number of halogens is 1. The lowest BCUT2D eigenvalue weighted by Crippen LogP contribution is -2.40. The van der Waals surface area contributed by atoms with Gasteiger partial charge in [0.05, 0.1) is 0 Å². The van der Waals surface area contributed by atoms with Crippen LogP contribution >= 0.6 is 15.9 Å². The highest BCUT2D eigenvalue weighted by Gasteiger charge is 2.37. The largest absolute Gasteiger partial charge is 0.329 e. The van der Waals surface area contributed by atoms with Gasteiger partial charge < -0.3 is 5.73 Å². The fourth-order valence-corrected chi connectivity index (χ4v) is 4.79. The molecule has 1 aliphatic heterocycles. The molecule has 0 amide bonds. The summed E-state index contributed by atoms with van der Waals surface area (Å²) >= 11 is 3.71. The molecule has 0 bridgehead atoms. The monoisotopic (exact) mass is 336 g/mol. The molecule has 1 heterocycles. The Labute approximate surface area is 130 Å². The van der Waals surface area contributed by atoms with Gasteiger partial charge in [0.25, 0.3) is 0 Å². The molecule has 110 valence electrons. The molecule has 2 aliphatic rings. The van der Waals surface area contributed by atoms with E-state index >= 15 is 0 Å². The number of hydrogen-bond acceptors (Lipinski definition) is 2. The average molecular weight is 337 g/mol. The quantitative estimate of drug-likeness (QED) is 0.896. The van der Waals surface area contributed by atoms with Crippen molar-refractivity contribution >= 4 is 15.9 Å². The minimum absolute atomic E-state index is 0.374. The van der Waals surface area contributed by atoms with Gasteiger partial charge in [0, 0.05) is 23.1 Å². The molecular formula is C17H25BrN2. The van der Waals surface area contributed by atoms with Crippen LogP contribution in [0.1, 0.15) is 50.1 Å². The van der Waals surface area contributed by atoms with Crippen LogP contribution in [0.3, 0.4) is 0 Å². The molecule has 0 spiro atoms. The van der Waals surface area contributed by atoms with Crippen LogP contribution in [-0.4, -0.2) is 24.0 Å². The van der Waals surface area contributed by atoms with E-state index < -0.39 is 0 Å². The first-order valence-corrected chi connectivity index (χ1v) is 8.81. The molecule has 1 aromatic rings. The third kappa shape index (κ3) is 2.81. The Kier molecular flexibility index (Phi) is 4.79. The number of hydrogen-bond donors (Lipinski definition) is 1. The molecule has 20 heavy (non-hydrogen) atoms. The van der Waals surface area contributed by atoms with Crippen molar-refractivity contribution in [1.82, 2.24) is 4.90 Å². The van der Waals surface area contributed by atoms with E-state index in [1.165, 1.54) is 55.1 Å². The third-order valence-corrected chi connectivity index (χ3v) is 5.90. The zero-order valence-corrected chi connectivity index (χ0v) is 13.7. The molecule has 2 fully saturated rings. The standard InChI is InChI=1S/C17H25BrN2/c18-15-9-4-3-8-14(15)17(12-19)20-11-5-10-16(20)13-6-1-2-7-13/h3-4,8-9,13,16-17H,1-2,5-7,10-12,19H2. The molecule has 1 aliphatic carbocycles. The van der Waals surface area contributed by atoms with E-state index in [9.17, 15) is 0 Å². The van der Waals surface area contributed by atoms with Gasteiger partial charge in [-0.2, -0.15) is 0 Å². The predicted octanol–water partition coefficient (Wildman–Crippen LogP) is 4.10. The number of rotatable bonds is 4. The van der Waals surface area contributed by atoms with Crippen LogP contribution in [-0.2, 0) is 0 Å². The summed E-state index contributed by atoms with van der Waals surface area (Å²) in [4.78, 5) is 2.70. The van der Waals surface area contributed by atoms with Crippen LogP contribution in [0.5, 0.6) is 0 Å². The summed E-state index contributed by atoms with van der Waals surface area (Å²) in [5.41, 5.74) is 7.51. The lowest BCUT2D eigenvalue weighted by molar-refractivity contribution is 0.137. The van der Waals surface area contributed by atoms with E-state index in [-0.39, 0.29) is 0 Å². The van der Waals surface area contributed by atoms with Crippen molar-refractivity contribution in [2.75, 3.05) is 13.1 Å². The molecule has 0 radical (unpaired) electrons. The highest BCUT2D eigenvalue weighted by molar-refractivity contribution is 9.10. The van der Waals surface area contributed by atoms with Crippen LogP contribution < -0.4 is 5.73 Å². The molecule has 1 saturated carbocycles. The first-order chi connectivity index (χ1) is 9.81. The second-order valence-corrected chi connectivity index (χ2v) is 7.12. The summed E-state index contributed by atoms with van der Waals surface area (Å²) in [5, 5.41) is 0. The van der Waals surface area contributed by atoms with E-state index in [1.54, 1.807) is 0 Å². The van der Waals surface area contributed by atoms with Crippen molar-refractivity contribution in [3.63, 3.8) is 0 Å². The fraction of sp³-hybridized carbons (Fsp3) is 0.647. The topological polar surface area (TPSA) is 29.3 Å². The Morgan fingerprint density at radius 3 is 2.60 bits per heavy atom. The van der Waals surface area contributed by atoms with E-state index in [2.05, 4.69) is 45.1 Å². The van der Waals surface area contributed by atoms with E-state index in [0.717, 1.165) is 12.0 Å². The summed E-state index contributed by atoms with van der Waals surface area (Å²) in [6, 6.07) is 9.71. The fourth-order valence-electron chi connectivity index (χ4n) is 4.24. The Morgan fingerprint density at radius 2 is 1.90 bits per heavy atom. The summed E-state index contributed by atoms with van der Waals surface area (Å²) < 4.78 is 1.20. The zero-order valence-electron chi connectivity index (χ0n) is 12.1. The van der Waals surface area contributed by atoms with Crippen molar-refractivity contribution in [3.8, 4) is 0 Å². The van der Waals surface area contributed by atoms with Crippen LogP contribution in [0, 0.1) is 5.92 Å². The molecular weight excluding hydrogens is 312 g/mol. The molecule has 0 aromatic heterocycles. The Morgan fingerprint density at radius 1 is 1.15 bits per heavy atom. The minimum Gasteiger partial charge on any atom is -0.329 e. The lowest BCUT2D eigenvalue weighted by atomic mass is 9.94. The van der Waals surface area contributed by atoms with Gasteiger partial charge in [0.15, 0.2) is 0 Å². The minimum atomic E-state index is 0.374. The Bertz CT molecular complexity index is 442. The molecule has 3 rings (SSSR count). The normalized spacial score (nSPS) is 26.2. The predicted molar refractivity (Wildman–Crippen MR) is 87.6 cm³/mol. The molecule has 2 nitrogen and oxygen atoms in total. The van der Waals surface area contributed by atoms with Gasteiger partial charge in [0.1, 0.15) is 0 Å². The highest BCUT2D eigenvalue weighted by atomic mass is 79.9. The van der Waals surface area contributed by atoms with Gasteiger partial charge in [-0.1, -0.05) is 47.0 Å². The first-order valence-electron chi connectivity index (χ1n) is 8.01. The van der Waals surface area contributed by atoms with Gasteiger partial charge >= 0.3 is 0 Å². The van der Waals surface area contributed by atoms with E-state index in [1.807, 2.05) is 0 Å². The molecule has 2 atom stereocenters. The van der Waals surface area contributed by atoms with E-state index in [4.69, 9.17) is 5.73 Å². The maximum atomic E-state index is 6.15. The number of nitrogens with two attached hydrogens (primary N) is 1. The summed E-state index contributed by atoms with van der Waals surface area (Å²) in [5.74, 6) is 0.911. The van der Waals surface area contributed by atoms with Crippen LogP contribution in [0.15, 0.2) is 28.7 Å². The lowest BCUT2D eigenvalue weighted by Gasteiger charge is -2.36. The Hall–Kier alpha value is -0.380. The summed E-state index contributed by atoms with van der Waals surface area (Å²) in [6.07, 6.45) is 8.41. The zero-order chi connectivity index (χ0) is 13.9. The Balaban J connectivity index is 1.82. The van der Waals surface area contributed by atoms with Crippen LogP contribution in [0.4, 0.5) is 0 Å². The van der Waals surface area contributed by atoms with Crippen molar-refractivity contribution < 1.29 is 0 Å². The van der Waals surface area contributed by atoms with Gasteiger partial charge in [-0.15, -0.1) is 0 Å². The number of nitrogens with zero attached hydrogens (tertiary/aromatic N) is 1. The molecule has 2 unspecified atom stereocenters. The molecule has 2 N–H and O–H groups in total. The van der Waals surface area contributed by atoms with Crippen molar-refractivity contribution in [3.05, 3.63) is 34.3 Å². The van der Waals surface area contributed by atoms with Gasteiger partial charge in [0.2, 0.25) is 0 Å². The second kappa shape index (κ2) is 6.59. The summed E-state index contributed by atoms with van der Waals surface area (Å²) in [7, 11) is 0. The smallest absolute Gasteiger partial charge is 0.0484 e. The van der Waals surface area contributed by atoms with E-state index in [0.29, 0.717) is 12.6 Å². The molecule has 1 aromatic carbocycles. The molecule has 3 heteroatoms. The maximum absolute atomic E-state index is 6.15. The first kappa shape index (κ1) is 14.6. The van der Waals surface area contributed by atoms with Gasteiger partial charge in [-0.25, -0.2) is 0 Å². The number of likely N-dealkylation sites (tertiary alicyclic amines) is 1. The average Bonchev–Trinajstić information content (AvgIpc) is 3.11. The van der Waals surface area contributed by atoms with Gasteiger partial charge in [-0.05, 0) is 49.8 Å². The van der Waals surface area contributed by atoms with Crippen LogP contribution in [0.2, 0.25) is 0 Å². The van der Waals surface area contributed by atoms with Crippen molar-refractivity contribution in [2.24, 2.45) is 11.7 Å². The third-order valence-electron chi connectivity index (χ3n) is 5.17. The molecule has 1 saturated heterocycles. The maximum Gasteiger partial charge on any atom is 0.0484 e. The van der Waals surface area contributed by atoms with Crippen LogP contribution in [0.25, 0.3) is 0 Å². The van der Waals surface area contributed by atoms with Gasteiger partial charge in [-0.3, -0.25) is 4.90 Å². The van der Waals surface area contributed by atoms with Crippen molar-refractivity contribution in [1.29, 1.82) is 0 Å². The highest BCUT2D eigenvalue weighted by Crippen LogP contribution is 2.40. The SMILES string of the molecule is NCC(c1ccccc1Br)N1CCCC1C1CCCC1. The second-order valence-electron chi connectivity index (χ2n) is 6.26. The number of benzene rings is 1.